The van der Waals surface area contributed by atoms with Crippen molar-refractivity contribution in [3.63, 3.8) is 0 Å². The predicted octanol–water partition coefficient (Wildman–Crippen LogP) is 2.96. The van der Waals surface area contributed by atoms with Gasteiger partial charge in [-0.05, 0) is 31.7 Å². The van der Waals surface area contributed by atoms with Crippen molar-refractivity contribution in [3.8, 4) is 0 Å². The molecule has 1 aromatic rings. The molecule has 0 aromatic carbocycles. The van der Waals surface area contributed by atoms with Crippen LogP contribution in [-0.2, 0) is 0 Å². The number of aromatic nitrogens is 1. The average Bonchev–Trinajstić information content (AvgIpc) is 3.20. The number of nitrogens with one attached hydrogen (secondary N) is 2. The van der Waals surface area contributed by atoms with Crippen LogP contribution in [0.3, 0.4) is 0 Å². The minimum atomic E-state index is -0.493. The molecule has 0 radical (unpaired) electrons. The number of anilines is 1. The molecule has 2 rings (SSSR count). The highest BCUT2D eigenvalue weighted by molar-refractivity contribution is 5.98. The lowest BCUT2D eigenvalue weighted by molar-refractivity contribution is 0.0937. The van der Waals surface area contributed by atoms with Gasteiger partial charge >= 0.3 is 0 Å². The Hall–Kier alpha value is -1.65. The fourth-order valence-electron chi connectivity index (χ4n) is 2.21. The van der Waals surface area contributed by atoms with Crippen LogP contribution >= 0.6 is 0 Å². The second-order valence-electron chi connectivity index (χ2n) is 5.53. The Kier molecular flexibility index (Phi) is 4.93. The highest BCUT2D eigenvalue weighted by Gasteiger charge is 2.25. The summed E-state index contributed by atoms with van der Waals surface area (Å²) in [5.41, 5.74) is 0.279. The fourth-order valence-corrected chi connectivity index (χ4v) is 2.21. The van der Waals surface area contributed by atoms with Crippen LogP contribution in [0.5, 0.6) is 0 Å². The van der Waals surface area contributed by atoms with Crippen LogP contribution in [0.1, 0.15) is 49.9 Å². The lowest BCUT2D eigenvalue weighted by atomic mass is 10.1. The zero-order valence-electron chi connectivity index (χ0n) is 12.1. The smallest absolute Gasteiger partial charge is 0.255 e. The van der Waals surface area contributed by atoms with Crippen molar-refractivity contribution < 1.29 is 9.18 Å². The van der Waals surface area contributed by atoms with Gasteiger partial charge in [-0.25, -0.2) is 9.37 Å². The third-order valence-corrected chi connectivity index (χ3v) is 3.40. The van der Waals surface area contributed by atoms with Gasteiger partial charge in [0, 0.05) is 12.6 Å². The standard InChI is InChI=1S/C15H22FN3O/c1-3-6-17-14-13(8-12(16)9-18-14)15(20)19-10(2)7-11-4-5-11/h8-11H,3-7H2,1-2H3,(H,17,18)(H,19,20). The van der Waals surface area contributed by atoms with Crippen molar-refractivity contribution in [2.75, 3.05) is 11.9 Å². The SMILES string of the molecule is CCCNc1ncc(F)cc1C(=O)NC(C)CC1CC1. The Morgan fingerprint density at radius 3 is 2.95 bits per heavy atom. The Balaban J connectivity index is 2.03. The third kappa shape index (κ3) is 4.18. The van der Waals surface area contributed by atoms with Gasteiger partial charge in [0.05, 0.1) is 11.8 Å². The molecule has 1 aliphatic carbocycles. The summed E-state index contributed by atoms with van der Waals surface area (Å²) in [7, 11) is 0. The molecule has 1 saturated carbocycles. The summed E-state index contributed by atoms with van der Waals surface area (Å²) < 4.78 is 13.3. The predicted molar refractivity (Wildman–Crippen MR) is 77.2 cm³/mol. The number of carbonyl (C=O) groups excluding carboxylic acids is 1. The molecular weight excluding hydrogens is 257 g/mol. The van der Waals surface area contributed by atoms with Gasteiger partial charge in [0.15, 0.2) is 0 Å². The molecule has 1 fully saturated rings. The highest BCUT2D eigenvalue weighted by Crippen LogP contribution is 2.33. The Labute approximate surface area is 119 Å². The maximum atomic E-state index is 13.3. The van der Waals surface area contributed by atoms with Crippen molar-refractivity contribution in [3.05, 3.63) is 23.6 Å². The number of halogens is 1. The summed E-state index contributed by atoms with van der Waals surface area (Å²) in [6.45, 7) is 4.71. The summed E-state index contributed by atoms with van der Waals surface area (Å²) >= 11 is 0. The van der Waals surface area contributed by atoms with Crippen LogP contribution < -0.4 is 10.6 Å². The number of nitrogens with zero attached hydrogens (tertiary/aromatic N) is 1. The molecule has 0 saturated heterocycles. The molecule has 2 N–H and O–H groups in total. The van der Waals surface area contributed by atoms with Gasteiger partial charge in [0.25, 0.3) is 5.91 Å². The first-order valence-corrected chi connectivity index (χ1v) is 7.30. The minimum absolute atomic E-state index is 0.109. The zero-order chi connectivity index (χ0) is 14.5. The second-order valence-corrected chi connectivity index (χ2v) is 5.53. The van der Waals surface area contributed by atoms with Gasteiger partial charge in [0.2, 0.25) is 0 Å². The van der Waals surface area contributed by atoms with Crippen molar-refractivity contribution in [1.29, 1.82) is 0 Å². The van der Waals surface area contributed by atoms with E-state index in [0.717, 1.165) is 25.0 Å². The van der Waals surface area contributed by atoms with E-state index in [1.807, 2.05) is 13.8 Å². The first kappa shape index (κ1) is 14.8. The Bertz CT molecular complexity index is 474. The number of carbonyl (C=O) groups is 1. The molecule has 1 aliphatic rings. The summed E-state index contributed by atoms with van der Waals surface area (Å²) in [5, 5.41) is 5.98. The monoisotopic (exact) mass is 279 g/mol. The van der Waals surface area contributed by atoms with E-state index in [0.29, 0.717) is 12.4 Å². The van der Waals surface area contributed by atoms with Crippen LogP contribution in [0.2, 0.25) is 0 Å². The van der Waals surface area contributed by atoms with Crippen molar-refractivity contribution in [2.45, 2.75) is 45.6 Å². The number of rotatable bonds is 7. The van der Waals surface area contributed by atoms with Crippen LogP contribution in [0, 0.1) is 11.7 Å². The molecule has 5 heteroatoms. The molecule has 4 nitrogen and oxygen atoms in total. The zero-order valence-corrected chi connectivity index (χ0v) is 12.1. The van der Waals surface area contributed by atoms with E-state index >= 15 is 0 Å². The molecule has 1 heterocycles. The van der Waals surface area contributed by atoms with Crippen molar-refractivity contribution in [2.24, 2.45) is 5.92 Å². The number of pyridine rings is 1. The van der Waals surface area contributed by atoms with Gasteiger partial charge in [-0.15, -0.1) is 0 Å². The average molecular weight is 279 g/mol. The van der Waals surface area contributed by atoms with Crippen molar-refractivity contribution >= 4 is 11.7 Å². The van der Waals surface area contributed by atoms with E-state index in [4.69, 9.17) is 0 Å². The molecule has 1 amide bonds. The Morgan fingerprint density at radius 2 is 2.30 bits per heavy atom. The van der Waals surface area contributed by atoms with E-state index in [9.17, 15) is 9.18 Å². The topological polar surface area (TPSA) is 54.0 Å². The van der Waals surface area contributed by atoms with Gasteiger partial charge < -0.3 is 10.6 Å². The molecule has 20 heavy (non-hydrogen) atoms. The van der Waals surface area contributed by atoms with Gasteiger partial charge in [0.1, 0.15) is 11.6 Å². The van der Waals surface area contributed by atoms with Gasteiger partial charge in [-0.3, -0.25) is 4.79 Å². The second kappa shape index (κ2) is 6.68. The number of hydrogen-bond donors (Lipinski definition) is 2. The maximum absolute atomic E-state index is 13.3. The summed E-state index contributed by atoms with van der Waals surface area (Å²) in [4.78, 5) is 16.2. The molecule has 1 aromatic heterocycles. The molecular formula is C15H22FN3O. The normalized spacial score (nSPS) is 15.8. The van der Waals surface area contributed by atoms with Crippen molar-refractivity contribution in [1.82, 2.24) is 10.3 Å². The lowest BCUT2D eigenvalue weighted by Crippen LogP contribution is -2.33. The van der Waals surface area contributed by atoms with Crippen LogP contribution in [0.25, 0.3) is 0 Å². The largest absolute Gasteiger partial charge is 0.369 e. The van der Waals surface area contributed by atoms with Crippen LogP contribution in [0.4, 0.5) is 10.2 Å². The molecule has 1 unspecified atom stereocenters. The number of hydrogen-bond acceptors (Lipinski definition) is 3. The van der Waals surface area contributed by atoms with Gasteiger partial charge in [-0.1, -0.05) is 19.8 Å². The number of amides is 1. The molecule has 0 bridgehead atoms. The minimum Gasteiger partial charge on any atom is -0.369 e. The third-order valence-electron chi connectivity index (χ3n) is 3.40. The highest BCUT2D eigenvalue weighted by atomic mass is 19.1. The quantitative estimate of drug-likeness (QED) is 0.807. The van der Waals surface area contributed by atoms with E-state index in [-0.39, 0.29) is 17.5 Å². The van der Waals surface area contributed by atoms with E-state index < -0.39 is 5.82 Å². The lowest BCUT2D eigenvalue weighted by Gasteiger charge is -2.15. The van der Waals surface area contributed by atoms with E-state index in [1.165, 1.54) is 18.9 Å². The molecule has 110 valence electrons. The maximum Gasteiger partial charge on any atom is 0.255 e. The van der Waals surface area contributed by atoms with E-state index in [2.05, 4.69) is 15.6 Å². The van der Waals surface area contributed by atoms with Crippen LogP contribution in [-0.4, -0.2) is 23.5 Å². The molecule has 0 spiro atoms. The van der Waals surface area contributed by atoms with E-state index in [1.54, 1.807) is 0 Å². The van der Waals surface area contributed by atoms with Crippen LogP contribution in [0.15, 0.2) is 12.3 Å². The summed E-state index contributed by atoms with van der Waals surface area (Å²) in [5.74, 6) is 0.439. The summed E-state index contributed by atoms with van der Waals surface area (Å²) in [6.07, 6.45) is 5.54. The first-order chi connectivity index (χ1) is 9.60. The Morgan fingerprint density at radius 1 is 1.55 bits per heavy atom. The fraction of sp³-hybridized carbons (Fsp3) is 0.600. The summed E-state index contributed by atoms with van der Waals surface area (Å²) in [6, 6.07) is 1.35. The first-order valence-electron chi connectivity index (χ1n) is 7.30. The van der Waals surface area contributed by atoms with Gasteiger partial charge in [-0.2, -0.15) is 0 Å². The molecule has 0 aliphatic heterocycles. The molecule has 1 atom stereocenters.